The maximum atomic E-state index is 11.8. The van der Waals surface area contributed by atoms with Gasteiger partial charge in [-0.3, -0.25) is 0 Å². The Morgan fingerprint density at radius 1 is 1.36 bits per heavy atom. The van der Waals surface area contributed by atoms with Crippen LogP contribution in [0.1, 0.15) is 36.5 Å². The number of benzene rings is 1. The molecule has 0 amide bonds. The van der Waals surface area contributed by atoms with Gasteiger partial charge in [0.15, 0.2) is 0 Å². The van der Waals surface area contributed by atoms with Gasteiger partial charge in [-0.1, -0.05) is 5.11 Å². The largest absolute Gasteiger partial charge is 0.496 e. The lowest BCUT2D eigenvalue weighted by Gasteiger charge is -2.18. The van der Waals surface area contributed by atoms with Crippen molar-refractivity contribution < 1.29 is 14.3 Å². The molecule has 0 bridgehead atoms. The molecule has 0 saturated carbocycles. The summed E-state index contributed by atoms with van der Waals surface area (Å²) in [6.45, 7) is 1.92. The number of aryl methyl sites for hydroxylation is 2. The third kappa shape index (κ3) is 3.59. The molecule has 0 aromatic heterocycles. The fraction of sp³-hybridized carbons (Fsp3) is 0.438. The number of rotatable bonds is 5. The summed E-state index contributed by atoms with van der Waals surface area (Å²) in [5.74, 6) is 0.0238. The summed E-state index contributed by atoms with van der Waals surface area (Å²) in [5, 5.41) is 3.44. The van der Waals surface area contributed by atoms with Gasteiger partial charge >= 0.3 is 5.97 Å². The van der Waals surface area contributed by atoms with Crippen LogP contribution in [0.25, 0.3) is 16.5 Å². The molecule has 0 saturated heterocycles. The van der Waals surface area contributed by atoms with Gasteiger partial charge in [0, 0.05) is 10.5 Å². The number of fused-ring (bicyclic) bond motifs is 1. The Hall–Kier alpha value is -2.46. The molecule has 1 aromatic rings. The van der Waals surface area contributed by atoms with E-state index in [2.05, 4.69) is 10.0 Å². The van der Waals surface area contributed by atoms with E-state index in [-0.39, 0.29) is 12.3 Å². The maximum absolute atomic E-state index is 11.8. The first-order valence-corrected chi connectivity index (χ1v) is 7.33. The number of methoxy groups -OCH3 is 1. The number of nitrogens with zero attached hydrogens (tertiary/aromatic N) is 3. The lowest BCUT2D eigenvalue weighted by molar-refractivity contribution is -0.138. The van der Waals surface area contributed by atoms with Crippen molar-refractivity contribution in [3.63, 3.8) is 0 Å². The second-order valence-electron chi connectivity index (χ2n) is 5.01. The van der Waals surface area contributed by atoms with E-state index in [4.69, 9.17) is 15.0 Å². The van der Waals surface area contributed by atoms with E-state index in [1.54, 1.807) is 14.0 Å². The van der Waals surface area contributed by atoms with Gasteiger partial charge in [-0.2, -0.15) is 0 Å². The van der Waals surface area contributed by atoms with Crippen molar-refractivity contribution in [3.8, 4) is 5.75 Å². The molecule has 1 aliphatic rings. The molecule has 1 aromatic carbocycles. The molecule has 22 heavy (non-hydrogen) atoms. The fourth-order valence-corrected chi connectivity index (χ4v) is 2.60. The first kappa shape index (κ1) is 15.9. The summed E-state index contributed by atoms with van der Waals surface area (Å²) in [6, 6.07) is 4.00. The Kier molecular flexibility index (Phi) is 5.44. The van der Waals surface area contributed by atoms with Gasteiger partial charge in [0.1, 0.15) is 11.4 Å². The van der Waals surface area contributed by atoms with E-state index < -0.39 is 5.97 Å². The SMILES string of the molecule is CCOC(=O)/C(=C/c1cc2c(cc1OC)CCCC2)N=[N+]=[N-]. The van der Waals surface area contributed by atoms with Gasteiger partial charge in [0.2, 0.25) is 0 Å². The van der Waals surface area contributed by atoms with Gasteiger partial charge in [0.25, 0.3) is 0 Å². The molecule has 6 heteroatoms. The van der Waals surface area contributed by atoms with Crippen LogP contribution < -0.4 is 4.74 Å². The molecule has 0 spiro atoms. The molecule has 0 unspecified atom stereocenters. The van der Waals surface area contributed by atoms with Crippen LogP contribution in [-0.2, 0) is 22.4 Å². The van der Waals surface area contributed by atoms with E-state index in [0.717, 1.165) is 24.8 Å². The van der Waals surface area contributed by atoms with Gasteiger partial charge < -0.3 is 9.47 Å². The summed E-state index contributed by atoms with van der Waals surface area (Å²) in [5.41, 5.74) is 11.8. The molecule has 0 heterocycles. The lowest BCUT2D eigenvalue weighted by atomic mass is 9.90. The minimum absolute atomic E-state index is 0.0709. The van der Waals surface area contributed by atoms with Crippen LogP contribution >= 0.6 is 0 Å². The van der Waals surface area contributed by atoms with Crippen LogP contribution in [0.5, 0.6) is 5.75 Å². The molecular formula is C16H19N3O3. The topological polar surface area (TPSA) is 84.3 Å². The predicted octanol–water partition coefficient (Wildman–Crippen LogP) is 3.79. The Bertz CT molecular complexity index is 646. The summed E-state index contributed by atoms with van der Waals surface area (Å²) < 4.78 is 10.3. The molecule has 0 N–H and O–H groups in total. The van der Waals surface area contributed by atoms with Crippen molar-refractivity contribution in [2.24, 2.45) is 5.11 Å². The highest BCUT2D eigenvalue weighted by molar-refractivity contribution is 5.93. The second-order valence-corrected chi connectivity index (χ2v) is 5.01. The zero-order chi connectivity index (χ0) is 15.9. The Labute approximate surface area is 129 Å². The van der Waals surface area contributed by atoms with Crippen LogP contribution in [0.15, 0.2) is 22.9 Å². The highest BCUT2D eigenvalue weighted by Crippen LogP contribution is 2.30. The van der Waals surface area contributed by atoms with E-state index in [1.165, 1.54) is 23.6 Å². The molecule has 1 aliphatic carbocycles. The van der Waals surface area contributed by atoms with E-state index >= 15 is 0 Å². The van der Waals surface area contributed by atoms with Crippen molar-refractivity contribution in [1.82, 2.24) is 0 Å². The summed E-state index contributed by atoms with van der Waals surface area (Å²) >= 11 is 0. The monoisotopic (exact) mass is 301 g/mol. The highest BCUT2D eigenvalue weighted by atomic mass is 16.5. The minimum Gasteiger partial charge on any atom is -0.496 e. The minimum atomic E-state index is -0.639. The summed E-state index contributed by atoms with van der Waals surface area (Å²) in [7, 11) is 1.58. The smallest absolute Gasteiger partial charge is 0.340 e. The van der Waals surface area contributed by atoms with Crippen LogP contribution in [0.3, 0.4) is 0 Å². The Morgan fingerprint density at radius 2 is 2.05 bits per heavy atom. The lowest BCUT2D eigenvalue weighted by Crippen LogP contribution is -2.07. The van der Waals surface area contributed by atoms with Crippen LogP contribution in [-0.4, -0.2) is 19.7 Å². The number of azide groups is 1. The van der Waals surface area contributed by atoms with Crippen molar-refractivity contribution >= 4 is 12.0 Å². The molecule has 6 nitrogen and oxygen atoms in total. The van der Waals surface area contributed by atoms with E-state index in [9.17, 15) is 4.79 Å². The van der Waals surface area contributed by atoms with Crippen molar-refractivity contribution in [1.29, 1.82) is 0 Å². The number of hydrogen-bond donors (Lipinski definition) is 0. The van der Waals surface area contributed by atoms with Crippen LogP contribution in [0.2, 0.25) is 0 Å². The first-order valence-electron chi connectivity index (χ1n) is 7.33. The van der Waals surface area contributed by atoms with Gasteiger partial charge in [-0.05, 0) is 67.5 Å². The molecule has 2 rings (SSSR count). The maximum Gasteiger partial charge on any atom is 0.340 e. The molecule has 0 atom stereocenters. The number of hydrogen-bond acceptors (Lipinski definition) is 4. The van der Waals surface area contributed by atoms with Gasteiger partial charge in [0.05, 0.1) is 13.7 Å². The zero-order valence-corrected chi connectivity index (χ0v) is 12.8. The quantitative estimate of drug-likeness (QED) is 0.273. The van der Waals surface area contributed by atoms with Gasteiger partial charge in [-0.25, -0.2) is 4.79 Å². The van der Waals surface area contributed by atoms with Crippen LogP contribution in [0, 0.1) is 0 Å². The second kappa shape index (κ2) is 7.52. The Balaban J connectivity index is 2.46. The van der Waals surface area contributed by atoms with E-state index in [1.807, 2.05) is 12.1 Å². The first-order chi connectivity index (χ1) is 10.7. The fourth-order valence-electron chi connectivity index (χ4n) is 2.60. The third-order valence-electron chi connectivity index (χ3n) is 3.62. The average Bonchev–Trinajstić information content (AvgIpc) is 2.54. The summed E-state index contributed by atoms with van der Waals surface area (Å²) in [6.07, 6.45) is 5.90. The number of esters is 1. The van der Waals surface area contributed by atoms with Crippen molar-refractivity contribution in [3.05, 3.63) is 45.0 Å². The highest BCUT2D eigenvalue weighted by Gasteiger charge is 2.15. The van der Waals surface area contributed by atoms with Crippen LogP contribution in [0.4, 0.5) is 0 Å². The number of carbonyl (C=O) groups is 1. The predicted molar refractivity (Wildman–Crippen MR) is 83.4 cm³/mol. The zero-order valence-electron chi connectivity index (χ0n) is 12.8. The molecule has 0 aliphatic heterocycles. The average molecular weight is 301 g/mol. The number of ether oxygens (including phenoxy) is 2. The molecule has 0 fully saturated rings. The van der Waals surface area contributed by atoms with Crippen molar-refractivity contribution in [2.45, 2.75) is 32.6 Å². The van der Waals surface area contributed by atoms with E-state index in [0.29, 0.717) is 5.75 Å². The third-order valence-corrected chi connectivity index (χ3v) is 3.62. The van der Waals surface area contributed by atoms with Crippen molar-refractivity contribution in [2.75, 3.05) is 13.7 Å². The Morgan fingerprint density at radius 3 is 2.64 bits per heavy atom. The normalized spacial score (nSPS) is 13.8. The number of carbonyl (C=O) groups excluding carboxylic acids is 1. The molecular weight excluding hydrogens is 282 g/mol. The molecule has 0 radical (unpaired) electrons. The molecule has 116 valence electrons. The summed E-state index contributed by atoms with van der Waals surface area (Å²) in [4.78, 5) is 14.5. The van der Waals surface area contributed by atoms with Gasteiger partial charge in [-0.15, -0.1) is 0 Å². The standard InChI is InChI=1S/C16H19N3O3/c1-3-22-16(20)14(18-19-17)9-13-8-11-6-4-5-7-12(11)10-15(13)21-2/h8-10H,3-7H2,1-2H3/b14-9-.